The highest BCUT2D eigenvalue weighted by molar-refractivity contribution is 5.41. The van der Waals surface area contributed by atoms with Crippen molar-refractivity contribution in [3.05, 3.63) is 23.9 Å². The molecule has 4 nitrogen and oxygen atoms in total. The second-order valence-electron chi connectivity index (χ2n) is 7.60. The minimum atomic E-state index is -0.102. The molecule has 3 unspecified atom stereocenters. The van der Waals surface area contributed by atoms with Gasteiger partial charge in [0, 0.05) is 37.3 Å². The van der Waals surface area contributed by atoms with E-state index in [0.717, 1.165) is 38.3 Å². The summed E-state index contributed by atoms with van der Waals surface area (Å²) in [6.07, 6.45) is 4.01. The molecule has 0 radical (unpaired) electrons. The van der Waals surface area contributed by atoms with Gasteiger partial charge in [-0.15, -0.1) is 0 Å². The molecule has 1 aliphatic carbocycles. The van der Waals surface area contributed by atoms with E-state index >= 15 is 0 Å². The van der Waals surface area contributed by atoms with Crippen molar-refractivity contribution in [2.24, 2.45) is 11.8 Å². The SMILES string of the molecule is CC(C)(C)NCc1ccc(N2CC3CCC(O)C3C2)nc1. The van der Waals surface area contributed by atoms with Gasteiger partial charge >= 0.3 is 0 Å². The molecule has 2 aliphatic rings. The van der Waals surface area contributed by atoms with E-state index in [1.54, 1.807) is 0 Å². The van der Waals surface area contributed by atoms with Crippen LogP contribution in [0.1, 0.15) is 39.2 Å². The molecule has 3 atom stereocenters. The molecule has 3 rings (SSSR count). The van der Waals surface area contributed by atoms with E-state index in [4.69, 9.17) is 0 Å². The number of fused-ring (bicyclic) bond motifs is 1. The van der Waals surface area contributed by atoms with Gasteiger partial charge in [0.05, 0.1) is 6.10 Å². The largest absolute Gasteiger partial charge is 0.393 e. The molecule has 1 aliphatic heterocycles. The van der Waals surface area contributed by atoms with E-state index in [0.29, 0.717) is 11.8 Å². The number of nitrogens with zero attached hydrogens (tertiary/aromatic N) is 2. The molecule has 1 aromatic rings. The topological polar surface area (TPSA) is 48.4 Å². The molecule has 1 saturated carbocycles. The van der Waals surface area contributed by atoms with E-state index in [-0.39, 0.29) is 11.6 Å². The first-order chi connectivity index (χ1) is 9.92. The van der Waals surface area contributed by atoms with Crippen LogP contribution in [-0.4, -0.2) is 34.8 Å². The van der Waals surface area contributed by atoms with Gasteiger partial charge in [-0.1, -0.05) is 6.07 Å². The van der Waals surface area contributed by atoms with Crippen molar-refractivity contribution < 1.29 is 5.11 Å². The lowest BCUT2D eigenvalue weighted by molar-refractivity contribution is 0.133. The van der Waals surface area contributed by atoms with Crippen LogP contribution in [0, 0.1) is 11.8 Å². The van der Waals surface area contributed by atoms with Crippen molar-refractivity contribution >= 4 is 5.82 Å². The van der Waals surface area contributed by atoms with E-state index in [1.807, 2.05) is 6.20 Å². The molecule has 2 N–H and O–H groups in total. The summed E-state index contributed by atoms with van der Waals surface area (Å²) in [5.41, 5.74) is 1.34. The van der Waals surface area contributed by atoms with Gasteiger partial charge in [-0.25, -0.2) is 4.98 Å². The Labute approximate surface area is 127 Å². The van der Waals surface area contributed by atoms with E-state index in [2.05, 4.69) is 48.1 Å². The fraction of sp³-hybridized carbons (Fsp3) is 0.706. The molecule has 1 saturated heterocycles. The van der Waals surface area contributed by atoms with Gasteiger partial charge in [-0.05, 0) is 51.2 Å². The lowest BCUT2D eigenvalue weighted by atomic mass is 10.00. The first-order valence-electron chi connectivity index (χ1n) is 8.05. The Bertz CT molecular complexity index is 480. The first-order valence-corrected chi connectivity index (χ1v) is 8.05. The Balaban J connectivity index is 1.60. The highest BCUT2D eigenvalue weighted by atomic mass is 16.3. The van der Waals surface area contributed by atoms with Crippen LogP contribution in [0.2, 0.25) is 0 Å². The van der Waals surface area contributed by atoms with Crippen LogP contribution >= 0.6 is 0 Å². The van der Waals surface area contributed by atoms with E-state index < -0.39 is 0 Å². The van der Waals surface area contributed by atoms with Crippen molar-refractivity contribution in [2.45, 2.75) is 51.8 Å². The summed E-state index contributed by atoms with van der Waals surface area (Å²) >= 11 is 0. The summed E-state index contributed by atoms with van der Waals surface area (Å²) in [5, 5.41) is 13.5. The van der Waals surface area contributed by atoms with Crippen LogP contribution in [0.3, 0.4) is 0 Å². The average Bonchev–Trinajstić information content (AvgIpc) is 2.99. The minimum absolute atomic E-state index is 0.102. The molecule has 2 fully saturated rings. The molecule has 2 heterocycles. The van der Waals surface area contributed by atoms with Gasteiger partial charge in [-0.3, -0.25) is 0 Å². The van der Waals surface area contributed by atoms with Crippen molar-refractivity contribution in [2.75, 3.05) is 18.0 Å². The third kappa shape index (κ3) is 3.38. The molecule has 0 amide bonds. The van der Waals surface area contributed by atoms with E-state index in [1.165, 1.54) is 5.56 Å². The smallest absolute Gasteiger partial charge is 0.128 e. The van der Waals surface area contributed by atoms with Crippen LogP contribution in [0.4, 0.5) is 5.82 Å². The third-order valence-corrected chi connectivity index (χ3v) is 4.78. The zero-order valence-corrected chi connectivity index (χ0v) is 13.3. The molecule has 0 aromatic carbocycles. The molecule has 0 bridgehead atoms. The average molecular weight is 289 g/mol. The third-order valence-electron chi connectivity index (χ3n) is 4.78. The number of hydrogen-bond acceptors (Lipinski definition) is 4. The maximum Gasteiger partial charge on any atom is 0.128 e. The first kappa shape index (κ1) is 14.8. The number of nitrogens with one attached hydrogen (secondary N) is 1. The van der Waals surface area contributed by atoms with Crippen LogP contribution < -0.4 is 10.2 Å². The summed E-state index contributed by atoms with van der Waals surface area (Å²) in [6, 6.07) is 4.28. The molecule has 116 valence electrons. The van der Waals surface area contributed by atoms with Crippen LogP contribution in [0.15, 0.2) is 18.3 Å². The van der Waals surface area contributed by atoms with Crippen molar-refractivity contribution in [1.29, 1.82) is 0 Å². The summed E-state index contributed by atoms with van der Waals surface area (Å²) in [4.78, 5) is 6.95. The molecular formula is C17H27N3O. The second kappa shape index (κ2) is 5.58. The van der Waals surface area contributed by atoms with Crippen molar-refractivity contribution in [3.8, 4) is 0 Å². The predicted molar refractivity (Wildman–Crippen MR) is 85.3 cm³/mol. The zero-order valence-electron chi connectivity index (χ0n) is 13.3. The van der Waals surface area contributed by atoms with Crippen LogP contribution in [-0.2, 0) is 6.54 Å². The number of aromatic nitrogens is 1. The Kier molecular flexibility index (Phi) is 3.93. The predicted octanol–water partition coefficient (Wildman–Crippen LogP) is 2.18. The quantitative estimate of drug-likeness (QED) is 0.895. The fourth-order valence-corrected chi connectivity index (χ4v) is 3.50. The van der Waals surface area contributed by atoms with Gasteiger partial charge in [0.2, 0.25) is 0 Å². The minimum Gasteiger partial charge on any atom is -0.393 e. The Morgan fingerprint density at radius 3 is 2.71 bits per heavy atom. The monoisotopic (exact) mass is 289 g/mol. The number of anilines is 1. The maximum atomic E-state index is 10.00. The van der Waals surface area contributed by atoms with Crippen LogP contribution in [0.5, 0.6) is 0 Å². The van der Waals surface area contributed by atoms with Crippen molar-refractivity contribution in [1.82, 2.24) is 10.3 Å². The molecule has 21 heavy (non-hydrogen) atoms. The Morgan fingerprint density at radius 2 is 2.10 bits per heavy atom. The van der Waals surface area contributed by atoms with Crippen LogP contribution in [0.25, 0.3) is 0 Å². The molecule has 4 heteroatoms. The summed E-state index contributed by atoms with van der Waals surface area (Å²) in [5.74, 6) is 2.16. The summed E-state index contributed by atoms with van der Waals surface area (Å²) in [7, 11) is 0. The van der Waals surface area contributed by atoms with Gasteiger partial charge in [0.1, 0.15) is 5.82 Å². The molecular weight excluding hydrogens is 262 g/mol. The number of hydrogen-bond donors (Lipinski definition) is 2. The maximum absolute atomic E-state index is 10.00. The second-order valence-corrected chi connectivity index (χ2v) is 7.60. The van der Waals surface area contributed by atoms with Gasteiger partial charge in [0.15, 0.2) is 0 Å². The van der Waals surface area contributed by atoms with Gasteiger partial charge in [0.25, 0.3) is 0 Å². The fourth-order valence-electron chi connectivity index (χ4n) is 3.50. The zero-order chi connectivity index (χ0) is 15.0. The number of aliphatic hydroxyl groups is 1. The Morgan fingerprint density at radius 1 is 1.29 bits per heavy atom. The normalized spacial score (nSPS) is 29.0. The van der Waals surface area contributed by atoms with Gasteiger partial charge in [-0.2, -0.15) is 0 Å². The standard InChI is InChI=1S/C17H27N3O/c1-17(2,3)19-9-12-4-7-16(18-8-12)20-10-13-5-6-15(21)14(13)11-20/h4,7-8,13-15,19,21H,5-6,9-11H2,1-3H3. The highest BCUT2D eigenvalue weighted by Crippen LogP contribution is 2.39. The Hall–Kier alpha value is -1.13. The number of rotatable bonds is 3. The number of aliphatic hydroxyl groups excluding tert-OH is 1. The summed E-state index contributed by atoms with van der Waals surface area (Å²) in [6.45, 7) is 9.36. The molecule has 0 spiro atoms. The van der Waals surface area contributed by atoms with Crippen molar-refractivity contribution in [3.63, 3.8) is 0 Å². The molecule has 1 aromatic heterocycles. The lowest BCUT2D eigenvalue weighted by Crippen LogP contribution is -2.35. The summed E-state index contributed by atoms with van der Waals surface area (Å²) < 4.78 is 0. The lowest BCUT2D eigenvalue weighted by Gasteiger charge is -2.21. The van der Waals surface area contributed by atoms with E-state index in [9.17, 15) is 5.11 Å². The van der Waals surface area contributed by atoms with Gasteiger partial charge < -0.3 is 15.3 Å². The number of pyridine rings is 1. The highest BCUT2D eigenvalue weighted by Gasteiger charge is 2.42.